The minimum absolute atomic E-state index is 0.0803. The van der Waals surface area contributed by atoms with Gasteiger partial charge in [-0.15, -0.1) is 0 Å². The first-order valence-electron chi connectivity index (χ1n) is 5.46. The molecule has 0 atom stereocenters. The van der Waals surface area contributed by atoms with Gasteiger partial charge in [0.15, 0.2) is 0 Å². The summed E-state index contributed by atoms with van der Waals surface area (Å²) >= 11 is 0. The molecule has 1 amide bonds. The van der Waals surface area contributed by atoms with Crippen molar-refractivity contribution in [1.29, 1.82) is 5.41 Å². The fourth-order valence-corrected chi connectivity index (χ4v) is 1.75. The Morgan fingerprint density at radius 3 is 2.63 bits per heavy atom. The molecule has 6 nitrogen and oxygen atoms in total. The number of primary amides is 1. The van der Waals surface area contributed by atoms with Gasteiger partial charge in [-0.2, -0.15) is 0 Å². The third-order valence-electron chi connectivity index (χ3n) is 2.71. The smallest absolute Gasteiger partial charge is 0.261 e. The molecule has 2 aromatic rings. The Morgan fingerprint density at radius 2 is 2.00 bits per heavy atom. The Morgan fingerprint density at radius 1 is 1.26 bits per heavy atom. The normalized spacial score (nSPS) is 11.5. The first-order chi connectivity index (χ1) is 9.02. The zero-order valence-corrected chi connectivity index (χ0v) is 9.94. The van der Waals surface area contributed by atoms with Gasteiger partial charge >= 0.3 is 0 Å². The van der Waals surface area contributed by atoms with Crippen molar-refractivity contribution in [3.05, 3.63) is 51.8 Å². The highest BCUT2D eigenvalue weighted by Gasteiger charge is 2.08. The maximum atomic E-state index is 11.6. The number of carbonyl (C=O) groups is 1. The number of allylic oxidation sites excluding steroid dienone is 1. The Bertz CT molecular complexity index is 759. The van der Waals surface area contributed by atoms with E-state index in [9.17, 15) is 9.59 Å². The summed E-state index contributed by atoms with van der Waals surface area (Å²) in [5, 5.41) is 7.64. The molecule has 6 heteroatoms. The molecule has 0 fully saturated rings. The van der Waals surface area contributed by atoms with E-state index in [2.05, 4.69) is 4.98 Å². The van der Waals surface area contributed by atoms with Gasteiger partial charge in [-0.05, 0) is 29.2 Å². The molecule has 19 heavy (non-hydrogen) atoms. The fraction of sp³-hybridized carbons (Fsp3) is 0. The van der Waals surface area contributed by atoms with Gasteiger partial charge in [0, 0.05) is 17.4 Å². The van der Waals surface area contributed by atoms with E-state index >= 15 is 0 Å². The molecule has 0 radical (unpaired) electrons. The monoisotopic (exact) mass is 256 g/mol. The molecule has 0 bridgehead atoms. The first-order valence-corrected chi connectivity index (χ1v) is 5.46. The quantitative estimate of drug-likeness (QED) is 0.600. The van der Waals surface area contributed by atoms with Gasteiger partial charge in [-0.1, -0.05) is 12.1 Å². The Kier molecular flexibility index (Phi) is 3.15. The number of benzene rings is 1. The topological polar surface area (TPSA) is 126 Å². The highest BCUT2D eigenvalue weighted by atomic mass is 16.2. The van der Waals surface area contributed by atoms with E-state index in [1.165, 1.54) is 12.1 Å². The summed E-state index contributed by atoms with van der Waals surface area (Å²) in [6.07, 6.45) is 2.52. The van der Waals surface area contributed by atoms with Crippen LogP contribution in [0.2, 0.25) is 0 Å². The van der Waals surface area contributed by atoms with Crippen LogP contribution in [0.25, 0.3) is 16.6 Å². The largest absolute Gasteiger partial charge is 0.398 e. The minimum atomic E-state index is -0.768. The van der Waals surface area contributed by atoms with Crippen molar-refractivity contribution >= 4 is 28.7 Å². The Hall–Kier alpha value is -2.89. The standard InChI is InChI=1S/C13H12N4O2/c14-4-3-10(15)7-1-2-8-5-9(12(16)18)13(19)17-11(8)6-7/h1-6,14H,15H2,(H2,16,18)(H,17,19)/b10-3-,14-4?. The van der Waals surface area contributed by atoms with Crippen molar-refractivity contribution in [2.24, 2.45) is 11.5 Å². The van der Waals surface area contributed by atoms with Gasteiger partial charge in [-0.25, -0.2) is 0 Å². The molecule has 0 saturated carbocycles. The maximum absolute atomic E-state index is 11.6. The second-order valence-electron chi connectivity index (χ2n) is 3.97. The van der Waals surface area contributed by atoms with Crippen LogP contribution in [0, 0.1) is 5.41 Å². The SMILES string of the molecule is N=C/C=C(\N)c1ccc2cc(C(N)=O)c(=O)[nH]c2c1. The van der Waals surface area contributed by atoms with E-state index in [1.807, 2.05) is 0 Å². The van der Waals surface area contributed by atoms with Crippen molar-refractivity contribution in [2.45, 2.75) is 0 Å². The van der Waals surface area contributed by atoms with Crippen molar-refractivity contribution in [3.63, 3.8) is 0 Å². The molecular formula is C13H12N4O2. The minimum Gasteiger partial charge on any atom is -0.398 e. The Balaban J connectivity index is 2.66. The zero-order chi connectivity index (χ0) is 14.0. The molecule has 0 aliphatic carbocycles. The van der Waals surface area contributed by atoms with E-state index < -0.39 is 11.5 Å². The number of aromatic nitrogens is 1. The van der Waals surface area contributed by atoms with Crippen LogP contribution in [0.4, 0.5) is 0 Å². The average molecular weight is 256 g/mol. The van der Waals surface area contributed by atoms with Crippen LogP contribution in [0.3, 0.4) is 0 Å². The summed E-state index contributed by atoms with van der Waals surface area (Å²) in [4.78, 5) is 25.3. The highest BCUT2D eigenvalue weighted by Crippen LogP contribution is 2.16. The van der Waals surface area contributed by atoms with Crippen molar-refractivity contribution < 1.29 is 4.79 Å². The number of fused-ring (bicyclic) bond motifs is 1. The predicted molar refractivity (Wildman–Crippen MR) is 74.0 cm³/mol. The van der Waals surface area contributed by atoms with Crippen LogP contribution in [0.1, 0.15) is 15.9 Å². The summed E-state index contributed by atoms with van der Waals surface area (Å²) in [5.74, 6) is -0.768. The Labute approximate surface area is 108 Å². The lowest BCUT2D eigenvalue weighted by Crippen LogP contribution is -2.23. The molecule has 1 heterocycles. The number of H-pyrrole nitrogens is 1. The third kappa shape index (κ3) is 2.37. The van der Waals surface area contributed by atoms with E-state index in [4.69, 9.17) is 16.9 Å². The predicted octanol–water partition coefficient (Wildman–Crippen LogP) is 0.576. The van der Waals surface area contributed by atoms with E-state index in [1.54, 1.807) is 18.2 Å². The molecule has 1 aromatic carbocycles. The number of hydrogen-bond acceptors (Lipinski definition) is 4. The van der Waals surface area contributed by atoms with Gasteiger partial charge in [0.2, 0.25) is 0 Å². The number of carbonyl (C=O) groups excluding carboxylic acids is 1. The van der Waals surface area contributed by atoms with Crippen LogP contribution < -0.4 is 17.0 Å². The second kappa shape index (κ2) is 4.77. The lowest BCUT2D eigenvalue weighted by molar-refractivity contribution is 0.0999. The number of nitrogens with one attached hydrogen (secondary N) is 2. The molecule has 96 valence electrons. The number of aromatic amines is 1. The number of pyridine rings is 1. The zero-order valence-electron chi connectivity index (χ0n) is 9.94. The van der Waals surface area contributed by atoms with Gasteiger partial charge in [0.05, 0.1) is 0 Å². The average Bonchev–Trinajstić information content (AvgIpc) is 2.37. The summed E-state index contributed by atoms with van der Waals surface area (Å²) < 4.78 is 0. The number of nitrogens with two attached hydrogens (primary N) is 2. The molecule has 0 aliphatic rings. The van der Waals surface area contributed by atoms with Crippen LogP contribution >= 0.6 is 0 Å². The molecule has 1 aromatic heterocycles. The van der Waals surface area contributed by atoms with Crippen molar-refractivity contribution in [3.8, 4) is 0 Å². The maximum Gasteiger partial charge on any atom is 0.261 e. The number of amides is 1. The summed E-state index contributed by atoms with van der Waals surface area (Å²) in [7, 11) is 0. The molecule has 0 spiro atoms. The van der Waals surface area contributed by atoms with Crippen molar-refractivity contribution in [1.82, 2.24) is 4.98 Å². The van der Waals surface area contributed by atoms with Crippen LogP contribution in [0.5, 0.6) is 0 Å². The van der Waals surface area contributed by atoms with Crippen molar-refractivity contribution in [2.75, 3.05) is 0 Å². The lowest BCUT2D eigenvalue weighted by atomic mass is 10.1. The number of hydrogen-bond donors (Lipinski definition) is 4. The molecule has 6 N–H and O–H groups in total. The van der Waals surface area contributed by atoms with Crippen LogP contribution in [0.15, 0.2) is 35.1 Å². The summed E-state index contributed by atoms with van der Waals surface area (Å²) in [5.41, 5.74) is 11.9. The summed E-state index contributed by atoms with van der Waals surface area (Å²) in [6, 6.07) is 6.58. The second-order valence-corrected chi connectivity index (χ2v) is 3.97. The van der Waals surface area contributed by atoms with Gasteiger partial charge in [-0.3, -0.25) is 9.59 Å². The molecule has 0 aliphatic heterocycles. The highest BCUT2D eigenvalue weighted by molar-refractivity contribution is 5.96. The van der Waals surface area contributed by atoms with Gasteiger partial charge < -0.3 is 21.9 Å². The van der Waals surface area contributed by atoms with E-state index in [-0.39, 0.29) is 5.56 Å². The molecular weight excluding hydrogens is 244 g/mol. The molecule has 0 saturated heterocycles. The first kappa shape index (κ1) is 12.6. The number of rotatable bonds is 3. The van der Waals surface area contributed by atoms with Crippen LogP contribution in [-0.2, 0) is 0 Å². The van der Waals surface area contributed by atoms with E-state index in [0.29, 0.717) is 22.2 Å². The summed E-state index contributed by atoms with van der Waals surface area (Å²) in [6.45, 7) is 0. The van der Waals surface area contributed by atoms with Gasteiger partial charge in [0.1, 0.15) is 5.56 Å². The van der Waals surface area contributed by atoms with Gasteiger partial charge in [0.25, 0.3) is 11.5 Å². The lowest BCUT2D eigenvalue weighted by Gasteiger charge is -2.04. The van der Waals surface area contributed by atoms with E-state index in [0.717, 1.165) is 6.21 Å². The molecule has 0 unspecified atom stereocenters. The fourth-order valence-electron chi connectivity index (χ4n) is 1.75. The third-order valence-corrected chi connectivity index (χ3v) is 2.71. The van der Waals surface area contributed by atoms with Crippen LogP contribution in [-0.4, -0.2) is 17.1 Å². The molecule has 2 rings (SSSR count).